The molecule has 1 aromatic carbocycles. The van der Waals surface area contributed by atoms with Gasteiger partial charge in [0.15, 0.2) is 0 Å². The molecule has 0 unspecified atom stereocenters. The number of nitro groups is 1. The number of hydrogen-bond donors (Lipinski definition) is 2. The highest BCUT2D eigenvalue weighted by molar-refractivity contribution is 5.74. The number of aromatic nitrogens is 2. The van der Waals surface area contributed by atoms with Crippen molar-refractivity contribution in [1.82, 2.24) is 15.3 Å². The smallest absolute Gasteiger partial charge is 0.410 e. The van der Waals surface area contributed by atoms with Crippen molar-refractivity contribution in [3.63, 3.8) is 0 Å². The van der Waals surface area contributed by atoms with Gasteiger partial charge < -0.3 is 15.0 Å². The lowest BCUT2D eigenvalue weighted by Gasteiger charge is -2.03. The second-order valence-electron chi connectivity index (χ2n) is 4.59. The number of non-ortho nitro benzene ring substituents is 1. The molecule has 0 atom stereocenters. The fraction of sp³-hybridized carbons (Fsp3) is 0.125. The number of carbonyl (C=O) groups is 1. The summed E-state index contributed by atoms with van der Waals surface area (Å²) in [4.78, 5) is 27.9. The first kappa shape index (κ1) is 16.9. The van der Waals surface area contributed by atoms with Crippen molar-refractivity contribution in [2.75, 3.05) is 6.54 Å². The van der Waals surface area contributed by atoms with Crippen molar-refractivity contribution in [1.29, 1.82) is 0 Å². The van der Waals surface area contributed by atoms with Gasteiger partial charge in [-0.2, -0.15) is 0 Å². The van der Waals surface area contributed by atoms with Crippen LogP contribution in [0.4, 0.5) is 10.5 Å². The van der Waals surface area contributed by atoms with E-state index in [0.29, 0.717) is 6.54 Å². The van der Waals surface area contributed by atoms with Gasteiger partial charge in [-0.3, -0.25) is 10.1 Å². The molecule has 0 fully saturated rings. The van der Waals surface area contributed by atoms with E-state index in [1.807, 2.05) is 24.4 Å². The number of nitro benzene ring substituents is 1. The first-order valence-corrected chi connectivity index (χ1v) is 7.18. The number of nitrogens with one attached hydrogen (secondary N) is 2. The summed E-state index contributed by atoms with van der Waals surface area (Å²) in [5.74, 6) is 0.270. The molecule has 0 aliphatic rings. The van der Waals surface area contributed by atoms with Crippen LogP contribution >= 0.6 is 0 Å². The molecule has 2 heterocycles. The van der Waals surface area contributed by atoms with Gasteiger partial charge in [-0.1, -0.05) is 0 Å². The number of nitrogens with zero attached hydrogens (tertiary/aromatic N) is 2. The minimum atomic E-state index is -0.577. The minimum Gasteiger partial charge on any atom is -0.410 e. The Morgan fingerprint density at radius 1 is 1.29 bits per heavy atom. The lowest BCUT2D eigenvalue weighted by Crippen LogP contribution is -2.26. The number of hydrogen-bond acceptors (Lipinski definition) is 5. The third kappa shape index (κ3) is 4.80. The van der Waals surface area contributed by atoms with Gasteiger partial charge in [-0.25, -0.2) is 9.78 Å². The molecule has 0 aliphatic carbocycles. The van der Waals surface area contributed by atoms with Gasteiger partial charge in [0.05, 0.1) is 4.92 Å². The fourth-order valence-corrected chi connectivity index (χ4v) is 1.81. The largest absolute Gasteiger partial charge is 0.412 e. The Kier molecular flexibility index (Phi) is 5.84. The van der Waals surface area contributed by atoms with E-state index < -0.39 is 11.0 Å². The third-order valence-corrected chi connectivity index (χ3v) is 2.90. The summed E-state index contributed by atoms with van der Waals surface area (Å²) in [5, 5.41) is 13.9. The zero-order valence-corrected chi connectivity index (χ0v) is 12.9. The summed E-state index contributed by atoms with van der Waals surface area (Å²) >= 11 is 0. The SMILES string of the molecule is CCNC(=O)Oc1ccc([N+](=O)[O-])cc1.c1cnc2[nH]ccc2c1. The van der Waals surface area contributed by atoms with Crippen LogP contribution in [0.25, 0.3) is 11.0 Å². The van der Waals surface area contributed by atoms with E-state index in [1.54, 1.807) is 13.1 Å². The van der Waals surface area contributed by atoms with Crippen LogP contribution in [0.2, 0.25) is 0 Å². The predicted octanol–water partition coefficient (Wildman–Crippen LogP) is 3.27. The van der Waals surface area contributed by atoms with Crippen LogP contribution in [0.1, 0.15) is 6.92 Å². The molecule has 0 saturated heterocycles. The zero-order chi connectivity index (χ0) is 17.4. The Balaban J connectivity index is 0.000000194. The van der Waals surface area contributed by atoms with Gasteiger partial charge in [0.2, 0.25) is 0 Å². The van der Waals surface area contributed by atoms with Gasteiger partial charge in [0.1, 0.15) is 11.4 Å². The summed E-state index contributed by atoms with van der Waals surface area (Å²) in [7, 11) is 0. The van der Waals surface area contributed by atoms with E-state index in [0.717, 1.165) is 11.0 Å². The zero-order valence-electron chi connectivity index (χ0n) is 12.9. The molecule has 0 bridgehead atoms. The predicted molar refractivity (Wildman–Crippen MR) is 88.9 cm³/mol. The molecule has 1 amide bonds. The summed E-state index contributed by atoms with van der Waals surface area (Å²) in [6, 6.07) is 11.2. The van der Waals surface area contributed by atoms with Crippen LogP contribution in [-0.4, -0.2) is 27.5 Å². The molecule has 0 aliphatic heterocycles. The second kappa shape index (κ2) is 8.28. The number of pyridine rings is 1. The highest BCUT2D eigenvalue weighted by Gasteiger charge is 2.06. The number of benzene rings is 1. The van der Waals surface area contributed by atoms with Crippen molar-refractivity contribution in [2.45, 2.75) is 6.92 Å². The van der Waals surface area contributed by atoms with E-state index in [9.17, 15) is 14.9 Å². The van der Waals surface area contributed by atoms with Gasteiger partial charge in [0.25, 0.3) is 5.69 Å². The van der Waals surface area contributed by atoms with Crippen LogP contribution in [0.5, 0.6) is 5.75 Å². The monoisotopic (exact) mass is 328 g/mol. The van der Waals surface area contributed by atoms with Crippen LogP contribution in [0, 0.1) is 10.1 Å². The Labute approximate surface area is 137 Å². The molecule has 124 valence electrons. The summed E-state index contributed by atoms with van der Waals surface area (Å²) in [5.41, 5.74) is 0.913. The fourth-order valence-electron chi connectivity index (χ4n) is 1.81. The summed E-state index contributed by atoms with van der Waals surface area (Å²) in [6.07, 6.45) is 3.09. The van der Waals surface area contributed by atoms with Crippen LogP contribution in [0.3, 0.4) is 0 Å². The summed E-state index contributed by atoms with van der Waals surface area (Å²) < 4.78 is 4.82. The lowest BCUT2D eigenvalue weighted by molar-refractivity contribution is -0.384. The molecule has 3 aromatic rings. The first-order chi connectivity index (χ1) is 11.6. The molecule has 2 N–H and O–H groups in total. The topological polar surface area (TPSA) is 110 Å². The average Bonchev–Trinajstić information content (AvgIpc) is 3.05. The van der Waals surface area contributed by atoms with Crippen molar-refractivity contribution < 1.29 is 14.5 Å². The standard InChI is InChI=1S/C9H10N2O4.C7H6N2/c1-2-10-9(12)15-8-5-3-7(4-6-8)11(13)14;1-2-6-3-5-9-7(6)8-4-1/h3-6H,2H2,1H3,(H,10,12);1-5H,(H,8,9). The first-order valence-electron chi connectivity index (χ1n) is 7.18. The highest BCUT2D eigenvalue weighted by atomic mass is 16.6. The molecule has 0 spiro atoms. The van der Waals surface area contributed by atoms with Crippen LogP contribution < -0.4 is 10.1 Å². The van der Waals surface area contributed by atoms with E-state index in [4.69, 9.17) is 4.74 Å². The number of rotatable bonds is 3. The van der Waals surface area contributed by atoms with E-state index in [1.165, 1.54) is 24.3 Å². The normalized spacial score (nSPS) is 9.71. The van der Waals surface area contributed by atoms with Crippen LogP contribution in [0.15, 0.2) is 54.9 Å². The van der Waals surface area contributed by atoms with E-state index in [2.05, 4.69) is 15.3 Å². The van der Waals surface area contributed by atoms with Gasteiger partial charge in [-0.15, -0.1) is 0 Å². The molecule has 8 heteroatoms. The number of fused-ring (bicyclic) bond motifs is 1. The maximum Gasteiger partial charge on any atom is 0.412 e. The number of carbonyl (C=O) groups excluding carboxylic acids is 1. The Morgan fingerprint density at radius 3 is 2.67 bits per heavy atom. The molecule has 24 heavy (non-hydrogen) atoms. The van der Waals surface area contributed by atoms with Gasteiger partial charge in [-0.05, 0) is 37.3 Å². The average molecular weight is 328 g/mol. The Morgan fingerprint density at radius 2 is 2.04 bits per heavy atom. The Hall–Kier alpha value is -3.42. The maximum atomic E-state index is 11.0. The molecule has 2 aromatic heterocycles. The van der Waals surface area contributed by atoms with Crippen LogP contribution in [-0.2, 0) is 0 Å². The third-order valence-electron chi connectivity index (χ3n) is 2.90. The van der Waals surface area contributed by atoms with Crippen molar-refractivity contribution >= 4 is 22.8 Å². The van der Waals surface area contributed by atoms with Crippen molar-refractivity contribution in [2.24, 2.45) is 0 Å². The van der Waals surface area contributed by atoms with Gasteiger partial charge >= 0.3 is 6.09 Å². The van der Waals surface area contributed by atoms with Crippen molar-refractivity contribution in [3.8, 4) is 5.75 Å². The summed E-state index contributed by atoms with van der Waals surface area (Å²) in [6.45, 7) is 2.23. The molecular formula is C16H16N4O4. The number of aromatic amines is 1. The maximum absolute atomic E-state index is 11.0. The lowest BCUT2D eigenvalue weighted by atomic mass is 10.3. The number of amides is 1. The second-order valence-corrected chi connectivity index (χ2v) is 4.59. The minimum absolute atomic E-state index is 0.0433. The van der Waals surface area contributed by atoms with E-state index >= 15 is 0 Å². The molecule has 8 nitrogen and oxygen atoms in total. The molecule has 0 saturated carbocycles. The molecule has 0 radical (unpaired) electrons. The van der Waals surface area contributed by atoms with E-state index in [-0.39, 0.29) is 11.4 Å². The highest BCUT2D eigenvalue weighted by Crippen LogP contribution is 2.17. The van der Waals surface area contributed by atoms with Gasteiger partial charge in [0, 0.05) is 36.5 Å². The number of ether oxygens (including phenoxy) is 1. The molecule has 3 rings (SSSR count). The molecular weight excluding hydrogens is 312 g/mol. The quantitative estimate of drug-likeness (QED) is 0.566. The Bertz CT molecular complexity index is 784. The van der Waals surface area contributed by atoms with Crippen molar-refractivity contribution in [3.05, 3.63) is 65.0 Å². The number of H-pyrrole nitrogens is 1.